The molecule has 1 aromatic rings. The second kappa shape index (κ2) is 6.60. The third-order valence-corrected chi connectivity index (χ3v) is 5.48. The summed E-state index contributed by atoms with van der Waals surface area (Å²) in [5.74, 6) is 0.972. The molecular weight excluding hydrogens is 351 g/mol. The second-order valence-electron chi connectivity index (χ2n) is 4.82. The van der Waals surface area contributed by atoms with Gasteiger partial charge in [-0.3, -0.25) is 0 Å². The average molecular weight is 368 g/mol. The van der Waals surface area contributed by atoms with Gasteiger partial charge in [0.15, 0.2) is 0 Å². The maximum absolute atomic E-state index is 13.1. The van der Waals surface area contributed by atoms with Gasteiger partial charge in [0.1, 0.15) is 0 Å². The summed E-state index contributed by atoms with van der Waals surface area (Å²) in [5.41, 5.74) is 0.443. The minimum atomic E-state index is -4.30. The first-order chi connectivity index (χ1) is 9.45. The molecule has 1 unspecified atom stereocenters. The van der Waals surface area contributed by atoms with Crippen LogP contribution in [0.25, 0.3) is 0 Å². The van der Waals surface area contributed by atoms with E-state index in [1.807, 2.05) is 11.8 Å². The normalized spacial score (nSPS) is 20.2. The first kappa shape index (κ1) is 16.0. The van der Waals surface area contributed by atoms with Crippen LogP contribution in [0.2, 0.25) is 0 Å². The summed E-state index contributed by atoms with van der Waals surface area (Å²) < 4.78 is 39.2. The lowest BCUT2D eigenvalue weighted by molar-refractivity contribution is -0.138. The summed E-state index contributed by atoms with van der Waals surface area (Å²) >= 11 is 5.03. The minimum Gasteiger partial charge on any atom is -0.370 e. The molecule has 0 spiro atoms. The van der Waals surface area contributed by atoms with Crippen LogP contribution in [0.1, 0.15) is 24.5 Å². The highest BCUT2D eigenvalue weighted by Crippen LogP contribution is 2.36. The molecule has 0 bridgehead atoms. The molecule has 1 aliphatic rings. The molecule has 1 aromatic carbocycles. The Morgan fingerprint density at radius 3 is 2.75 bits per heavy atom. The minimum absolute atomic E-state index is 0.218. The molecule has 0 amide bonds. The van der Waals surface area contributed by atoms with E-state index < -0.39 is 11.7 Å². The standard InChI is InChI=1S/C14H17BrF3NS/c1-2-12-9-19(5-6-20-12)11-4-3-10(8-15)13(7-11)14(16,17)18/h3-4,7,12H,2,5-6,8-9H2,1H3. The molecule has 6 heteroatoms. The van der Waals surface area contributed by atoms with Gasteiger partial charge in [0.05, 0.1) is 5.56 Å². The molecular formula is C14H17BrF3NS. The molecule has 1 saturated heterocycles. The van der Waals surface area contributed by atoms with E-state index in [0.717, 1.165) is 25.3 Å². The Morgan fingerprint density at radius 2 is 2.15 bits per heavy atom. The zero-order chi connectivity index (χ0) is 14.8. The number of nitrogens with zero attached hydrogens (tertiary/aromatic N) is 1. The first-order valence-corrected chi connectivity index (χ1v) is 8.75. The van der Waals surface area contributed by atoms with Crippen LogP contribution in [0.4, 0.5) is 18.9 Å². The summed E-state index contributed by atoms with van der Waals surface area (Å²) in [7, 11) is 0. The SMILES string of the molecule is CCC1CN(c2ccc(CBr)c(C(F)(F)F)c2)CCS1. The van der Waals surface area contributed by atoms with Crippen molar-refractivity contribution in [2.45, 2.75) is 30.1 Å². The Hall–Kier alpha value is -0.360. The molecule has 1 fully saturated rings. The lowest BCUT2D eigenvalue weighted by Crippen LogP contribution is -2.37. The Morgan fingerprint density at radius 1 is 1.40 bits per heavy atom. The van der Waals surface area contributed by atoms with Gasteiger partial charge in [-0.1, -0.05) is 28.9 Å². The van der Waals surface area contributed by atoms with Gasteiger partial charge < -0.3 is 4.90 Å². The fourth-order valence-electron chi connectivity index (χ4n) is 2.34. The van der Waals surface area contributed by atoms with Crippen LogP contribution >= 0.6 is 27.7 Å². The monoisotopic (exact) mass is 367 g/mol. The van der Waals surface area contributed by atoms with Crippen LogP contribution in [0.5, 0.6) is 0 Å². The van der Waals surface area contributed by atoms with E-state index in [0.29, 0.717) is 16.5 Å². The Bertz CT molecular complexity index is 464. The fraction of sp³-hybridized carbons (Fsp3) is 0.571. The molecule has 2 rings (SSSR count). The predicted octanol–water partition coefficient (Wildman–Crippen LogP) is 4.93. The van der Waals surface area contributed by atoms with Crippen LogP contribution in [0.15, 0.2) is 18.2 Å². The highest BCUT2D eigenvalue weighted by Gasteiger charge is 2.34. The van der Waals surface area contributed by atoms with Crippen LogP contribution in [-0.2, 0) is 11.5 Å². The van der Waals surface area contributed by atoms with Gasteiger partial charge in [-0.05, 0) is 24.1 Å². The lowest BCUT2D eigenvalue weighted by Gasteiger charge is -2.34. The number of benzene rings is 1. The van der Waals surface area contributed by atoms with Gasteiger partial charge in [-0.25, -0.2) is 0 Å². The van der Waals surface area contributed by atoms with E-state index in [1.165, 1.54) is 6.07 Å². The van der Waals surface area contributed by atoms with E-state index in [1.54, 1.807) is 12.1 Å². The molecule has 0 aromatic heterocycles. The first-order valence-electron chi connectivity index (χ1n) is 6.58. The van der Waals surface area contributed by atoms with E-state index in [-0.39, 0.29) is 5.33 Å². The van der Waals surface area contributed by atoms with Crippen molar-refractivity contribution in [1.29, 1.82) is 0 Å². The third-order valence-electron chi connectivity index (χ3n) is 3.50. The average Bonchev–Trinajstić information content (AvgIpc) is 2.45. The van der Waals surface area contributed by atoms with E-state index >= 15 is 0 Å². The number of hydrogen-bond donors (Lipinski definition) is 0. The summed E-state index contributed by atoms with van der Waals surface area (Å²) in [5, 5.41) is 0.726. The van der Waals surface area contributed by atoms with Crippen molar-refractivity contribution in [2.75, 3.05) is 23.7 Å². The molecule has 0 radical (unpaired) electrons. The quantitative estimate of drug-likeness (QED) is 0.696. The molecule has 20 heavy (non-hydrogen) atoms. The van der Waals surface area contributed by atoms with Crippen molar-refractivity contribution >= 4 is 33.4 Å². The summed E-state index contributed by atoms with van der Waals surface area (Å²) in [6.45, 7) is 3.76. The molecule has 1 heterocycles. The summed E-state index contributed by atoms with van der Waals surface area (Å²) in [6, 6.07) is 4.67. The van der Waals surface area contributed by atoms with Crippen molar-refractivity contribution in [3.63, 3.8) is 0 Å². The summed E-state index contributed by atoms with van der Waals surface area (Å²) in [6.07, 6.45) is -3.25. The number of thioether (sulfide) groups is 1. The Labute approximate surface area is 130 Å². The molecule has 0 N–H and O–H groups in total. The van der Waals surface area contributed by atoms with Crippen molar-refractivity contribution in [3.05, 3.63) is 29.3 Å². The number of hydrogen-bond acceptors (Lipinski definition) is 2. The number of halogens is 4. The predicted molar refractivity (Wildman–Crippen MR) is 82.8 cm³/mol. The highest BCUT2D eigenvalue weighted by atomic mass is 79.9. The zero-order valence-corrected chi connectivity index (χ0v) is 13.6. The molecule has 112 valence electrons. The van der Waals surface area contributed by atoms with Crippen molar-refractivity contribution in [2.24, 2.45) is 0 Å². The molecule has 1 atom stereocenters. The van der Waals surface area contributed by atoms with E-state index in [2.05, 4.69) is 27.8 Å². The van der Waals surface area contributed by atoms with Gasteiger partial charge in [0, 0.05) is 35.1 Å². The fourth-order valence-corrected chi connectivity index (χ4v) is 4.01. The van der Waals surface area contributed by atoms with Gasteiger partial charge >= 0.3 is 6.18 Å². The lowest BCUT2D eigenvalue weighted by atomic mass is 10.1. The number of alkyl halides is 4. The van der Waals surface area contributed by atoms with Gasteiger partial charge in [0.2, 0.25) is 0 Å². The zero-order valence-electron chi connectivity index (χ0n) is 11.2. The van der Waals surface area contributed by atoms with Gasteiger partial charge in [0.25, 0.3) is 0 Å². The van der Waals surface area contributed by atoms with E-state index in [9.17, 15) is 13.2 Å². The van der Waals surface area contributed by atoms with Crippen LogP contribution in [0.3, 0.4) is 0 Å². The Kier molecular flexibility index (Phi) is 5.29. The molecule has 0 saturated carbocycles. The van der Waals surface area contributed by atoms with Crippen LogP contribution in [-0.4, -0.2) is 24.1 Å². The van der Waals surface area contributed by atoms with Crippen molar-refractivity contribution in [1.82, 2.24) is 0 Å². The molecule has 1 nitrogen and oxygen atoms in total. The second-order valence-corrected chi connectivity index (χ2v) is 6.79. The van der Waals surface area contributed by atoms with Crippen molar-refractivity contribution in [3.8, 4) is 0 Å². The highest BCUT2D eigenvalue weighted by molar-refractivity contribution is 9.08. The van der Waals surface area contributed by atoms with Crippen molar-refractivity contribution < 1.29 is 13.2 Å². The molecule has 1 aliphatic heterocycles. The number of rotatable bonds is 3. The van der Waals surface area contributed by atoms with Gasteiger partial charge in [-0.2, -0.15) is 24.9 Å². The smallest absolute Gasteiger partial charge is 0.370 e. The topological polar surface area (TPSA) is 3.24 Å². The summed E-state index contributed by atoms with van der Waals surface area (Å²) in [4.78, 5) is 2.07. The maximum Gasteiger partial charge on any atom is 0.416 e. The Balaban J connectivity index is 2.29. The third kappa shape index (κ3) is 3.64. The van der Waals surface area contributed by atoms with E-state index in [4.69, 9.17) is 0 Å². The molecule has 0 aliphatic carbocycles. The maximum atomic E-state index is 13.1. The van der Waals surface area contributed by atoms with Crippen LogP contribution in [0, 0.1) is 0 Å². The number of anilines is 1. The van der Waals surface area contributed by atoms with Gasteiger partial charge in [-0.15, -0.1) is 0 Å². The largest absolute Gasteiger partial charge is 0.416 e. The van der Waals surface area contributed by atoms with Crippen LogP contribution < -0.4 is 4.90 Å².